The highest BCUT2D eigenvalue weighted by molar-refractivity contribution is 5.83. The standard InChI is InChI=1S/C15H18N2/c1-3-4-5-10-17-11-9-13-7-6-8-14(12-16-2)15(13)17/h6-9,11,16H,5,10,12H2,1-2H3. The van der Waals surface area contributed by atoms with Gasteiger partial charge in [-0.15, -0.1) is 11.8 Å². The SMILES string of the molecule is CC#CCCn1ccc2cccc(CNC)c21. The Kier molecular flexibility index (Phi) is 3.85. The maximum Gasteiger partial charge on any atom is 0.0526 e. The normalized spacial score (nSPS) is 10.2. The van der Waals surface area contributed by atoms with Crippen molar-refractivity contribution < 1.29 is 0 Å². The summed E-state index contributed by atoms with van der Waals surface area (Å²) in [5.41, 5.74) is 2.68. The molecule has 2 heteroatoms. The van der Waals surface area contributed by atoms with Gasteiger partial charge in [-0.25, -0.2) is 0 Å². The summed E-state index contributed by atoms with van der Waals surface area (Å²) in [6.45, 7) is 3.76. The molecular formula is C15H18N2. The van der Waals surface area contributed by atoms with Crippen LogP contribution in [0.1, 0.15) is 18.9 Å². The number of nitrogens with zero attached hydrogens (tertiary/aromatic N) is 1. The molecule has 2 nitrogen and oxygen atoms in total. The van der Waals surface area contributed by atoms with E-state index in [0.29, 0.717) is 0 Å². The third-order valence-corrected chi connectivity index (χ3v) is 2.89. The molecule has 0 atom stereocenters. The molecule has 0 saturated carbocycles. The number of nitrogens with one attached hydrogen (secondary N) is 1. The molecule has 0 spiro atoms. The first kappa shape index (κ1) is 11.8. The predicted molar refractivity (Wildman–Crippen MR) is 72.8 cm³/mol. The van der Waals surface area contributed by atoms with Crippen molar-refractivity contribution in [1.82, 2.24) is 9.88 Å². The molecule has 0 aliphatic carbocycles. The molecule has 0 radical (unpaired) electrons. The van der Waals surface area contributed by atoms with Crippen molar-refractivity contribution in [1.29, 1.82) is 0 Å². The Hall–Kier alpha value is -1.72. The van der Waals surface area contributed by atoms with Crippen LogP contribution in [0.5, 0.6) is 0 Å². The first-order valence-corrected chi connectivity index (χ1v) is 5.97. The van der Waals surface area contributed by atoms with Gasteiger partial charge >= 0.3 is 0 Å². The van der Waals surface area contributed by atoms with Gasteiger partial charge in [-0.05, 0) is 31.0 Å². The van der Waals surface area contributed by atoms with Crippen LogP contribution in [0.4, 0.5) is 0 Å². The third kappa shape index (κ3) is 2.51. The van der Waals surface area contributed by atoms with Crippen molar-refractivity contribution in [2.45, 2.75) is 26.4 Å². The first-order chi connectivity index (χ1) is 8.36. The molecule has 2 rings (SSSR count). The van der Waals surface area contributed by atoms with Gasteiger partial charge in [0.25, 0.3) is 0 Å². The van der Waals surface area contributed by atoms with E-state index in [0.717, 1.165) is 19.5 Å². The summed E-state index contributed by atoms with van der Waals surface area (Å²) >= 11 is 0. The molecule has 0 fully saturated rings. The lowest BCUT2D eigenvalue weighted by Gasteiger charge is -2.08. The van der Waals surface area contributed by atoms with Gasteiger partial charge in [0, 0.05) is 25.7 Å². The van der Waals surface area contributed by atoms with Crippen LogP contribution in [0.2, 0.25) is 0 Å². The quantitative estimate of drug-likeness (QED) is 0.793. The van der Waals surface area contributed by atoms with Crippen LogP contribution in [-0.4, -0.2) is 11.6 Å². The lowest BCUT2D eigenvalue weighted by Crippen LogP contribution is -2.07. The van der Waals surface area contributed by atoms with E-state index in [1.807, 2.05) is 14.0 Å². The van der Waals surface area contributed by atoms with Crippen LogP contribution in [-0.2, 0) is 13.1 Å². The molecule has 1 N–H and O–H groups in total. The van der Waals surface area contributed by atoms with Crippen LogP contribution in [0.3, 0.4) is 0 Å². The van der Waals surface area contributed by atoms with Crippen molar-refractivity contribution in [3.63, 3.8) is 0 Å². The van der Waals surface area contributed by atoms with E-state index >= 15 is 0 Å². The minimum Gasteiger partial charge on any atom is -0.346 e. The fourth-order valence-electron chi connectivity index (χ4n) is 2.16. The summed E-state index contributed by atoms with van der Waals surface area (Å²) in [4.78, 5) is 0. The lowest BCUT2D eigenvalue weighted by atomic mass is 10.1. The zero-order valence-corrected chi connectivity index (χ0v) is 10.5. The van der Waals surface area contributed by atoms with Crippen LogP contribution in [0.25, 0.3) is 10.9 Å². The molecule has 2 aromatic rings. The maximum atomic E-state index is 3.22. The van der Waals surface area contributed by atoms with E-state index < -0.39 is 0 Å². The Balaban J connectivity index is 2.37. The molecule has 1 aromatic carbocycles. The van der Waals surface area contributed by atoms with Crippen molar-refractivity contribution in [2.24, 2.45) is 0 Å². The van der Waals surface area contributed by atoms with Gasteiger partial charge in [-0.2, -0.15) is 0 Å². The van der Waals surface area contributed by atoms with Gasteiger partial charge < -0.3 is 9.88 Å². The number of aryl methyl sites for hydroxylation is 1. The van der Waals surface area contributed by atoms with Crippen LogP contribution < -0.4 is 5.32 Å². The van der Waals surface area contributed by atoms with Crippen LogP contribution in [0.15, 0.2) is 30.5 Å². The van der Waals surface area contributed by atoms with Gasteiger partial charge in [0.1, 0.15) is 0 Å². The molecule has 88 valence electrons. The third-order valence-electron chi connectivity index (χ3n) is 2.89. The average Bonchev–Trinajstić information content (AvgIpc) is 2.75. The van der Waals surface area contributed by atoms with Crippen molar-refractivity contribution in [3.8, 4) is 11.8 Å². The molecule has 0 amide bonds. The van der Waals surface area contributed by atoms with Crippen LogP contribution >= 0.6 is 0 Å². The molecule has 0 bridgehead atoms. The average molecular weight is 226 g/mol. The Labute approximate surface area is 103 Å². The zero-order valence-electron chi connectivity index (χ0n) is 10.5. The summed E-state index contributed by atoms with van der Waals surface area (Å²) in [5, 5.41) is 4.53. The predicted octanol–water partition coefficient (Wildman–Crippen LogP) is 2.77. The molecular weight excluding hydrogens is 208 g/mol. The van der Waals surface area contributed by atoms with Crippen molar-refractivity contribution in [2.75, 3.05) is 7.05 Å². The Morgan fingerprint density at radius 1 is 1.29 bits per heavy atom. The minimum atomic E-state index is 0.904. The molecule has 0 aliphatic rings. The number of benzene rings is 1. The molecule has 0 unspecified atom stereocenters. The Morgan fingerprint density at radius 3 is 2.94 bits per heavy atom. The minimum absolute atomic E-state index is 0.904. The van der Waals surface area contributed by atoms with Crippen molar-refractivity contribution in [3.05, 3.63) is 36.0 Å². The molecule has 0 saturated heterocycles. The van der Waals surface area contributed by atoms with Gasteiger partial charge in [0.05, 0.1) is 5.52 Å². The summed E-state index contributed by atoms with van der Waals surface area (Å²) in [7, 11) is 1.98. The van der Waals surface area contributed by atoms with E-state index in [1.54, 1.807) is 0 Å². The number of rotatable bonds is 4. The Morgan fingerprint density at radius 2 is 2.18 bits per heavy atom. The number of hydrogen-bond acceptors (Lipinski definition) is 1. The number of hydrogen-bond donors (Lipinski definition) is 1. The van der Waals surface area contributed by atoms with Gasteiger partial charge in [-0.1, -0.05) is 18.2 Å². The molecule has 1 heterocycles. The summed E-state index contributed by atoms with van der Waals surface area (Å²) in [6, 6.07) is 8.64. The fraction of sp³-hybridized carbons (Fsp3) is 0.333. The smallest absolute Gasteiger partial charge is 0.0526 e. The first-order valence-electron chi connectivity index (χ1n) is 5.97. The lowest BCUT2D eigenvalue weighted by molar-refractivity contribution is 0.738. The summed E-state index contributed by atoms with van der Waals surface area (Å²) in [6.07, 6.45) is 3.06. The highest BCUT2D eigenvalue weighted by Gasteiger charge is 2.05. The summed E-state index contributed by atoms with van der Waals surface area (Å²) in [5.74, 6) is 6.06. The van der Waals surface area contributed by atoms with E-state index in [4.69, 9.17) is 0 Å². The van der Waals surface area contributed by atoms with E-state index in [1.165, 1.54) is 16.5 Å². The number of fused-ring (bicyclic) bond motifs is 1. The topological polar surface area (TPSA) is 17.0 Å². The van der Waals surface area contributed by atoms with Crippen molar-refractivity contribution >= 4 is 10.9 Å². The second kappa shape index (κ2) is 5.56. The van der Waals surface area contributed by atoms with E-state index in [9.17, 15) is 0 Å². The highest BCUT2D eigenvalue weighted by Crippen LogP contribution is 2.20. The second-order valence-corrected chi connectivity index (χ2v) is 4.07. The largest absolute Gasteiger partial charge is 0.346 e. The molecule has 17 heavy (non-hydrogen) atoms. The van der Waals surface area contributed by atoms with Crippen LogP contribution in [0, 0.1) is 11.8 Å². The molecule has 0 aliphatic heterocycles. The van der Waals surface area contributed by atoms with Gasteiger partial charge in [0.2, 0.25) is 0 Å². The van der Waals surface area contributed by atoms with E-state index in [-0.39, 0.29) is 0 Å². The maximum absolute atomic E-state index is 3.22. The van der Waals surface area contributed by atoms with E-state index in [2.05, 4.69) is 52.2 Å². The molecule has 1 aromatic heterocycles. The fourth-order valence-corrected chi connectivity index (χ4v) is 2.16. The highest BCUT2D eigenvalue weighted by atomic mass is 15.0. The number of para-hydroxylation sites is 1. The zero-order chi connectivity index (χ0) is 12.1. The van der Waals surface area contributed by atoms with Gasteiger partial charge in [-0.3, -0.25) is 0 Å². The monoisotopic (exact) mass is 226 g/mol. The summed E-state index contributed by atoms with van der Waals surface area (Å²) < 4.78 is 2.30. The number of aromatic nitrogens is 1. The van der Waals surface area contributed by atoms with Gasteiger partial charge in [0.15, 0.2) is 0 Å². The second-order valence-electron chi connectivity index (χ2n) is 4.07. The Bertz CT molecular complexity index is 555.